The maximum Gasteiger partial charge on any atom is 0.182 e. The van der Waals surface area contributed by atoms with E-state index in [1.807, 2.05) is 103 Å². The number of benzene rings is 6. The minimum Gasteiger partial charge on any atom is -0.452 e. The van der Waals surface area contributed by atoms with Gasteiger partial charge in [-0.25, -0.2) is 24.9 Å². The van der Waals surface area contributed by atoms with Gasteiger partial charge in [0.25, 0.3) is 0 Å². The third-order valence-electron chi connectivity index (χ3n) is 10.1. The second-order valence-corrected chi connectivity index (χ2v) is 13.6. The molecule has 0 aliphatic heterocycles. The van der Waals surface area contributed by atoms with Gasteiger partial charge in [-0.15, -0.1) is 0 Å². The zero-order chi connectivity index (χ0) is 37.0. The Morgan fingerprint density at radius 1 is 0.411 bits per heavy atom. The van der Waals surface area contributed by atoms with E-state index in [0.29, 0.717) is 40.3 Å². The minimum atomic E-state index is 0.476. The second kappa shape index (κ2) is 12.9. The largest absolute Gasteiger partial charge is 0.452 e. The molecule has 5 aromatic heterocycles. The van der Waals surface area contributed by atoms with Crippen molar-refractivity contribution in [2.24, 2.45) is 0 Å². The third kappa shape index (κ3) is 5.31. The van der Waals surface area contributed by atoms with Crippen LogP contribution in [0.3, 0.4) is 0 Å². The molecule has 5 heterocycles. The lowest BCUT2D eigenvalue weighted by atomic mass is 10.1. The summed E-state index contributed by atoms with van der Waals surface area (Å²) < 4.78 is 8.77. The molecule has 0 aliphatic carbocycles. The van der Waals surface area contributed by atoms with Gasteiger partial charge in [0.05, 0.1) is 11.0 Å². The van der Waals surface area contributed by atoms with Crippen LogP contribution in [0.4, 0.5) is 0 Å². The average Bonchev–Trinajstić information content (AvgIpc) is 3.82. The predicted octanol–water partition coefficient (Wildman–Crippen LogP) is 11.4. The van der Waals surface area contributed by atoms with Gasteiger partial charge in [-0.1, -0.05) is 121 Å². The summed E-state index contributed by atoms with van der Waals surface area (Å²) in [5, 5.41) is 3.27. The fourth-order valence-electron chi connectivity index (χ4n) is 7.47. The van der Waals surface area contributed by atoms with Gasteiger partial charge in [-0.2, -0.15) is 0 Å². The summed E-state index contributed by atoms with van der Waals surface area (Å²) in [6, 6.07) is 57.1. The van der Waals surface area contributed by atoms with Gasteiger partial charge in [0.15, 0.2) is 28.9 Å². The van der Waals surface area contributed by atoms with Crippen LogP contribution in [-0.4, -0.2) is 34.5 Å². The number of hydrogen-bond donors (Lipinski definition) is 0. The van der Waals surface area contributed by atoms with Crippen LogP contribution in [0.5, 0.6) is 0 Å². The van der Waals surface area contributed by atoms with Gasteiger partial charge in [0.1, 0.15) is 22.5 Å². The summed E-state index contributed by atoms with van der Waals surface area (Å²) in [6.07, 6.45) is 1.80. The summed E-state index contributed by atoms with van der Waals surface area (Å²) in [5.74, 6) is 2.22. The van der Waals surface area contributed by atoms with Crippen LogP contribution in [0.2, 0.25) is 0 Å². The van der Waals surface area contributed by atoms with E-state index in [4.69, 9.17) is 34.3 Å². The van der Waals surface area contributed by atoms with Gasteiger partial charge >= 0.3 is 0 Å². The summed E-state index contributed by atoms with van der Waals surface area (Å²) in [4.78, 5) is 29.9. The third-order valence-corrected chi connectivity index (χ3v) is 10.1. The standard InChI is InChI=1S/C48H29N7O/c1-4-14-30(15-5-1)45-52-46(31-16-6-2-7-17-31)54-48(53-45)38-27-25-33(29-49-38)42-44-43(37-21-11-13-23-41(37)56-44)51-47(50-42)32-24-26-36-35-20-10-12-22-39(35)55(40(36)28-32)34-18-8-3-9-19-34/h1-29H. The van der Waals surface area contributed by atoms with Crippen molar-refractivity contribution in [2.75, 3.05) is 0 Å². The van der Waals surface area contributed by atoms with E-state index in [0.717, 1.165) is 60.8 Å². The average molecular weight is 720 g/mol. The Morgan fingerprint density at radius 3 is 1.71 bits per heavy atom. The summed E-state index contributed by atoms with van der Waals surface area (Å²) >= 11 is 0. The number of nitrogens with zero attached hydrogens (tertiary/aromatic N) is 7. The van der Waals surface area contributed by atoms with Crippen LogP contribution >= 0.6 is 0 Å². The molecule has 0 saturated carbocycles. The van der Waals surface area contributed by atoms with E-state index in [2.05, 4.69) is 71.3 Å². The summed E-state index contributed by atoms with van der Waals surface area (Å²) in [5.41, 5.74) is 10.1. The molecular formula is C48H29N7O. The smallest absolute Gasteiger partial charge is 0.182 e. The lowest BCUT2D eigenvalue weighted by Crippen LogP contribution is -2.01. The van der Waals surface area contributed by atoms with Crippen molar-refractivity contribution in [3.05, 3.63) is 176 Å². The van der Waals surface area contributed by atoms with Crippen molar-refractivity contribution >= 4 is 43.9 Å². The number of aromatic nitrogens is 7. The van der Waals surface area contributed by atoms with Gasteiger partial charge < -0.3 is 8.98 Å². The quantitative estimate of drug-likeness (QED) is 0.169. The van der Waals surface area contributed by atoms with Gasteiger partial charge in [0, 0.05) is 50.3 Å². The van der Waals surface area contributed by atoms with Gasteiger partial charge in [0.2, 0.25) is 0 Å². The van der Waals surface area contributed by atoms with Crippen LogP contribution in [0, 0.1) is 0 Å². The number of para-hydroxylation sites is 3. The first-order valence-corrected chi connectivity index (χ1v) is 18.4. The zero-order valence-electron chi connectivity index (χ0n) is 29.8. The number of pyridine rings is 1. The van der Waals surface area contributed by atoms with E-state index in [1.54, 1.807) is 6.20 Å². The predicted molar refractivity (Wildman–Crippen MR) is 222 cm³/mol. The molecule has 6 aromatic carbocycles. The number of furan rings is 1. The van der Waals surface area contributed by atoms with Crippen molar-refractivity contribution in [3.8, 4) is 62.6 Å². The molecule has 0 aliphatic rings. The Bertz CT molecular complexity index is 3170. The van der Waals surface area contributed by atoms with Crippen molar-refractivity contribution in [2.45, 2.75) is 0 Å². The van der Waals surface area contributed by atoms with Crippen LogP contribution < -0.4 is 0 Å². The molecule has 8 nitrogen and oxygen atoms in total. The highest BCUT2D eigenvalue weighted by Gasteiger charge is 2.21. The highest BCUT2D eigenvalue weighted by atomic mass is 16.3. The fourth-order valence-corrected chi connectivity index (χ4v) is 7.47. The first-order chi connectivity index (χ1) is 27.7. The molecule has 0 unspecified atom stereocenters. The SMILES string of the molecule is c1ccc(-c2nc(-c3ccccc3)nc(-c3ccc(-c4nc(-c5ccc6c7ccccc7n(-c7ccccc7)c6c5)nc5c4oc4ccccc45)cn3)n2)cc1. The number of rotatable bonds is 6. The second-order valence-electron chi connectivity index (χ2n) is 13.6. The molecule has 0 amide bonds. The Labute approximate surface area is 320 Å². The van der Waals surface area contributed by atoms with Gasteiger partial charge in [-0.3, -0.25) is 4.98 Å². The Morgan fingerprint density at radius 2 is 1.00 bits per heavy atom. The first-order valence-electron chi connectivity index (χ1n) is 18.4. The molecule has 11 rings (SSSR count). The van der Waals surface area contributed by atoms with E-state index in [-0.39, 0.29) is 0 Å². The molecule has 0 bridgehead atoms. The number of fused-ring (bicyclic) bond motifs is 6. The van der Waals surface area contributed by atoms with Crippen molar-refractivity contribution in [1.82, 2.24) is 34.5 Å². The van der Waals surface area contributed by atoms with Crippen LogP contribution in [0.1, 0.15) is 0 Å². The van der Waals surface area contributed by atoms with E-state index < -0.39 is 0 Å². The van der Waals surface area contributed by atoms with E-state index >= 15 is 0 Å². The highest BCUT2D eigenvalue weighted by molar-refractivity contribution is 6.11. The monoisotopic (exact) mass is 719 g/mol. The summed E-state index contributed by atoms with van der Waals surface area (Å²) in [6.45, 7) is 0. The maximum atomic E-state index is 6.47. The Kier molecular flexibility index (Phi) is 7.31. The van der Waals surface area contributed by atoms with Crippen LogP contribution in [-0.2, 0) is 0 Å². The number of hydrogen-bond acceptors (Lipinski definition) is 7. The molecule has 0 fully saturated rings. The Hall–Kier alpha value is -7.84. The molecule has 0 atom stereocenters. The van der Waals surface area contributed by atoms with E-state index in [1.165, 1.54) is 5.39 Å². The minimum absolute atomic E-state index is 0.476. The lowest BCUT2D eigenvalue weighted by molar-refractivity contribution is 0.667. The molecule has 8 heteroatoms. The normalized spacial score (nSPS) is 11.6. The molecule has 0 saturated heterocycles. The molecule has 262 valence electrons. The first kappa shape index (κ1) is 31.7. The molecule has 56 heavy (non-hydrogen) atoms. The van der Waals surface area contributed by atoms with Gasteiger partial charge in [-0.05, 0) is 48.5 Å². The highest BCUT2D eigenvalue weighted by Crippen LogP contribution is 2.38. The maximum absolute atomic E-state index is 6.47. The van der Waals surface area contributed by atoms with Crippen LogP contribution in [0.15, 0.2) is 180 Å². The topological polar surface area (TPSA) is 95.4 Å². The molecule has 0 radical (unpaired) electrons. The fraction of sp³-hybridized carbons (Fsp3) is 0. The Balaban J connectivity index is 1.07. The van der Waals surface area contributed by atoms with Crippen LogP contribution in [0.25, 0.3) is 107 Å². The van der Waals surface area contributed by atoms with Crippen molar-refractivity contribution < 1.29 is 4.42 Å². The molecule has 0 spiro atoms. The van der Waals surface area contributed by atoms with E-state index in [9.17, 15) is 0 Å². The molecule has 11 aromatic rings. The van der Waals surface area contributed by atoms with Crippen molar-refractivity contribution in [3.63, 3.8) is 0 Å². The molecular weight excluding hydrogens is 691 g/mol. The molecule has 0 N–H and O–H groups in total. The summed E-state index contributed by atoms with van der Waals surface area (Å²) in [7, 11) is 0. The lowest BCUT2D eigenvalue weighted by Gasteiger charge is -2.10. The van der Waals surface area contributed by atoms with Crippen molar-refractivity contribution in [1.29, 1.82) is 0 Å². The zero-order valence-corrected chi connectivity index (χ0v) is 29.8.